The first-order chi connectivity index (χ1) is 18.1. The lowest BCUT2D eigenvalue weighted by Gasteiger charge is -2.29. The molecule has 3 aromatic rings. The normalized spacial score (nSPS) is 15.4. The first-order valence-electron chi connectivity index (χ1n) is 11.9. The Labute approximate surface area is 220 Å². The van der Waals surface area contributed by atoms with E-state index in [0.29, 0.717) is 22.2 Å². The Morgan fingerprint density at radius 1 is 1.11 bits per heavy atom. The molecule has 1 atom stereocenters. The van der Waals surface area contributed by atoms with Crippen LogP contribution in [0.1, 0.15) is 17.5 Å². The van der Waals surface area contributed by atoms with Gasteiger partial charge < -0.3 is 19.7 Å². The van der Waals surface area contributed by atoms with Crippen molar-refractivity contribution in [3.63, 3.8) is 0 Å². The number of methoxy groups -OCH3 is 2. The monoisotopic (exact) mass is 550 g/mol. The summed E-state index contributed by atoms with van der Waals surface area (Å²) >= 11 is 0. The van der Waals surface area contributed by atoms with E-state index in [0.717, 1.165) is 25.1 Å². The van der Waals surface area contributed by atoms with E-state index in [4.69, 9.17) is 9.47 Å². The number of nitrogens with zero attached hydrogens (tertiary/aromatic N) is 3. The largest absolute Gasteiger partial charge is 0.497 e. The van der Waals surface area contributed by atoms with Crippen molar-refractivity contribution < 1.29 is 31.1 Å². The lowest BCUT2D eigenvalue weighted by atomic mass is 10.1. The highest BCUT2D eigenvalue weighted by molar-refractivity contribution is 7.92. The number of hydrogen-bond donors (Lipinski definition) is 1. The predicted molar refractivity (Wildman–Crippen MR) is 138 cm³/mol. The van der Waals surface area contributed by atoms with Crippen molar-refractivity contribution in [2.24, 2.45) is 0 Å². The van der Waals surface area contributed by atoms with E-state index in [2.05, 4.69) is 10.3 Å². The van der Waals surface area contributed by atoms with Crippen molar-refractivity contribution in [2.75, 3.05) is 43.6 Å². The van der Waals surface area contributed by atoms with E-state index in [9.17, 15) is 12.8 Å². The second-order valence-electron chi connectivity index (χ2n) is 8.91. The molecular weight excluding hydrogens is 521 g/mol. The van der Waals surface area contributed by atoms with Crippen molar-refractivity contribution in [2.45, 2.75) is 30.8 Å². The topological polar surface area (TPSA) is 84.0 Å². The molecular formula is C26H29F3N4O4S. The lowest BCUT2D eigenvalue weighted by molar-refractivity contribution is 0.391. The third kappa shape index (κ3) is 5.23. The maximum Gasteiger partial charge on any atom is 0.271 e. The fraction of sp³-hybridized carbons (Fsp3) is 0.346. The van der Waals surface area contributed by atoms with Crippen LogP contribution in [-0.2, 0) is 16.6 Å². The Morgan fingerprint density at radius 3 is 2.50 bits per heavy atom. The molecule has 2 aromatic carbocycles. The van der Waals surface area contributed by atoms with Gasteiger partial charge in [-0.15, -0.1) is 0 Å². The number of ether oxygens (including phenoxy) is 2. The summed E-state index contributed by atoms with van der Waals surface area (Å²) in [5.74, 6) is -3.07. The molecule has 2 heterocycles. The number of nitrogens with one attached hydrogen (secondary N) is 1. The van der Waals surface area contributed by atoms with Gasteiger partial charge in [-0.3, -0.25) is 0 Å². The van der Waals surface area contributed by atoms with Gasteiger partial charge in [-0.1, -0.05) is 6.07 Å². The third-order valence-electron chi connectivity index (χ3n) is 6.67. The van der Waals surface area contributed by atoms with Crippen molar-refractivity contribution in [1.29, 1.82) is 0 Å². The summed E-state index contributed by atoms with van der Waals surface area (Å²) in [6, 6.07) is 9.23. The number of benzene rings is 2. The first-order valence-corrected chi connectivity index (χ1v) is 13.3. The fourth-order valence-electron chi connectivity index (χ4n) is 4.52. The number of anilines is 2. The molecule has 1 aromatic heterocycles. The molecule has 204 valence electrons. The molecule has 12 heteroatoms. The Kier molecular flexibility index (Phi) is 8.02. The standard InChI is InChI=1S/C26H29F3N4O4S/c1-16-21(32(2)18-10-11-30-14-18)13-20(27)26(25(16)29)38(34,35)33(24-7-5-6-23(28)31-24)15-17-8-9-19(36-3)12-22(17)37-4/h5-9,12-13,18,30H,10-11,14-15H2,1-4H3. The van der Waals surface area contributed by atoms with E-state index >= 15 is 8.78 Å². The molecule has 1 unspecified atom stereocenters. The van der Waals surface area contributed by atoms with E-state index in [1.54, 1.807) is 24.1 Å². The second-order valence-corrected chi connectivity index (χ2v) is 10.7. The average molecular weight is 551 g/mol. The number of halogens is 3. The minimum atomic E-state index is -4.92. The summed E-state index contributed by atoms with van der Waals surface area (Å²) in [6.07, 6.45) is 0.780. The van der Waals surface area contributed by atoms with Gasteiger partial charge in [0.1, 0.15) is 23.1 Å². The fourth-order valence-corrected chi connectivity index (χ4v) is 6.09. The van der Waals surface area contributed by atoms with Crippen molar-refractivity contribution in [1.82, 2.24) is 10.3 Å². The Morgan fingerprint density at radius 2 is 1.87 bits per heavy atom. The molecule has 4 rings (SSSR count). The van der Waals surface area contributed by atoms with Crippen LogP contribution in [-0.4, -0.2) is 53.8 Å². The summed E-state index contributed by atoms with van der Waals surface area (Å²) in [6.45, 7) is 2.37. The van der Waals surface area contributed by atoms with Crippen LogP contribution in [0.15, 0.2) is 47.4 Å². The zero-order valence-electron chi connectivity index (χ0n) is 21.5. The zero-order chi connectivity index (χ0) is 27.6. The van der Waals surface area contributed by atoms with Crippen LogP contribution < -0.4 is 24.0 Å². The van der Waals surface area contributed by atoms with Crippen LogP contribution in [0, 0.1) is 24.5 Å². The number of aromatic nitrogens is 1. The number of rotatable bonds is 9. The molecule has 0 amide bonds. The van der Waals surface area contributed by atoms with E-state index < -0.39 is 39.0 Å². The molecule has 1 N–H and O–H groups in total. The van der Waals surface area contributed by atoms with E-state index in [1.165, 1.54) is 39.3 Å². The molecule has 0 radical (unpaired) electrons. The molecule has 0 aliphatic carbocycles. The Hall–Kier alpha value is -3.51. The summed E-state index contributed by atoms with van der Waals surface area (Å²) in [4.78, 5) is 4.28. The Balaban J connectivity index is 1.84. The zero-order valence-corrected chi connectivity index (χ0v) is 22.3. The molecule has 1 fully saturated rings. The lowest BCUT2D eigenvalue weighted by Crippen LogP contribution is -2.35. The highest BCUT2D eigenvalue weighted by atomic mass is 32.2. The number of sulfonamides is 1. The number of hydrogen-bond acceptors (Lipinski definition) is 7. The van der Waals surface area contributed by atoms with Gasteiger partial charge in [0, 0.05) is 42.5 Å². The molecule has 38 heavy (non-hydrogen) atoms. The highest BCUT2D eigenvalue weighted by Gasteiger charge is 2.35. The van der Waals surface area contributed by atoms with Gasteiger partial charge in [0.2, 0.25) is 5.95 Å². The van der Waals surface area contributed by atoms with Gasteiger partial charge in [-0.05, 0) is 50.2 Å². The molecule has 0 saturated carbocycles. The SMILES string of the molecule is COc1ccc(CN(c2cccc(F)n2)S(=O)(=O)c2c(F)cc(N(C)C3CCNC3)c(C)c2F)c(OC)c1. The van der Waals surface area contributed by atoms with Gasteiger partial charge in [-0.2, -0.15) is 4.39 Å². The smallest absolute Gasteiger partial charge is 0.271 e. The highest BCUT2D eigenvalue weighted by Crippen LogP contribution is 2.36. The van der Waals surface area contributed by atoms with E-state index in [-0.39, 0.29) is 28.9 Å². The maximum atomic E-state index is 15.8. The molecule has 8 nitrogen and oxygen atoms in total. The quantitative estimate of drug-likeness (QED) is 0.403. The Bertz CT molecular complexity index is 1430. The minimum absolute atomic E-state index is 0.00508. The van der Waals surface area contributed by atoms with Gasteiger partial charge in [0.25, 0.3) is 10.0 Å². The summed E-state index contributed by atoms with van der Waals surface area (Å²) < 4.78 is 84.4. The number of likely N-dealkylation sites (N-methyl/N-ethyl adjacent to an activating group) is 1. The average Bonchev–Trinajstić information content (AvgIpc) is 3.44. The molecule has 1 aliphatic rings. The summed E-state index contributed by atoms with van der Waals surface area (Å²) in [5, 5.41) is 3.20. The van der Waals surface area contributed by atoms with Crippen LogP contribution >= 0.6 is 0 Å². The van der Waals surface area contributed by atoms with Crippen LogP contribution in [0.25, 0.3) is 0 Å². The van der Waals surface area contributed by atoms with Crippen molar-refractivity contribution in [3.8, 4) is 11.5 Å². The molecule has 1 aliphatic heterocycles. The summed E-state index contributed by atoms with van der Waals surface area (Å²) in [7, 11) is -0.362. The molecule has 0 bridgehead atoms. The van der Waals surface area contributed by atoms with E-state index in [1.807, 2.05) is 0 Å². The molecule has 0 spiro atoms. The molecule has 1 saturated heterocycles. The minimum Gasteiger partial charge on any atom is -0.497 e. The van der Waals surface area contributed by atoms with Gasteiger partial charge in [0.15, 0.2) is 10.7 Å². The van der Waals surface area contributed by atoms with Gasteiger partial charge in [-0.25, -0.2) is 26.5 Å². The van der Waals surface area contributed by atoms with Crippen LogP contribution in [0.2, 0.25) is 0 Å². The van der Waals surface area contributed by atoms with Crippen LogP contribution in [0.4, 0.5) is 24.7 Å². The van der Waals surface area contributed by atoms with Gasteiger partial charge in [0.05, 0.1) is 20.8 Å². The maximum absolute atomic E-state index is 15.8. The predicted octanol–water partition coefficient (Wildman–Crippen LogP) is 4.02. The van der Waals surface area contributed by atoms with Crippen LogP contribution in [0.3, 0.4) is 0 Å². The van der Waals surface area contributed by atoms with Crippen molar-refractivity contribution >= 4 is 21.5 Å². The van der Waals surface area contributed by atoms with Crippen molar-refractivity contribution in [3.05, 3.63) is 71.2 Å². The van der Waals surface area contributed by atoms with Gasteiger partial charge >= 0.3 is 0 Å². The first kappa shape index (κ1) is 27.5. The summed E-state index contributed by atoms with van der Waals surface area (Å²) in [5.41, 5.74) is 0.569. The third-order valence-corrected chi connectivity index (χ3v) is 8.45. The van der Waals surface area contributed by atoms with Crippen LogP contribution in [0.5, 0.6) is 11.5 Å². The number of pyridine rings is 1. The second kappa shape index (κ2) is 11.1.